The molecule has 0 aliphatic carbocycles. The van der Waals surface area contributed by atoms with Crippen molar-refractivity contribution in [1.29, 1.82) is 0 Å². The lowest BCUT2D eigenvalue weighted by molar-refractivity contribution is -0.146. The fourth-order valence-electron chi connectivity index (χ4n) is 2.03. The number of hydrogen-bond donors (Lipinski definition) is 1. The number of amides is 2. The molecule has 0 radical (unpaired) electrons. The highest BCUT2D eigenvalue weighted by Crippen LogP contribution is 2.14. The van der Waals surface area contributed by atoms with Gasteiger partial charge < -0.3 is 15.0 Å². The monoisotopic (exact) mass is 256 g/mol. The van der Waals surface area contributed by atoms with Gasteiger partial charge in [0.2, 0.25) is 11.8 Å². The number of carbonyl (C=O) groups excluding carboxylic acids is 3. The van der Waals surface area contributed by atoms with Crippen molar-refractivity contribution in [1.82, 2.24) is 10.2 Å². The maximum Gasteiger partial charge on any atom is 0.310 e. The van der Waals surface area contributed by atoms with Crippen molar-refractivity contribution < 1.29 is 19.1 Å². The molecule has 1 N–H and O–H groups in total. The van der Waals surface area contributed by atoms with Crippen LogP contribution in [0.1, 0.15) is 19.8 Å². The molecule has 6 heteroatoms. The number of methoxy groups -OCH3 is 1. The first-order valence-electron chi connectivity index (χ1n) is 6.05. The Labute approximate surface area is 107 Å². The molecule has 0 aromatic rings. The molecular weight excluding hydrogens is 236 g/mol. The van der Waals surface area contributed by atoms with Gasteiger partial charge in [-0.05, 0) is 6.42 Å². The number of ether oxygens (including phenoxy) is 1. The Kier molecular flexibility index (Phi) is 5.12. The average Bonchev–Trinajstić information content (AvgIpc) is 2.37. The standard InChI is InChI=1S/C12H20N2O4/c1-8(12(17)18-3)7-14(2)11(16)9-4-5-10(15)13-6-9/h8-9H,4-7H2,1-3H3,(H,13,15). The second kappa shape index (κ2) is 6.37. The van der Waals surface area contributed by atoms with Gasteiger partial charge in [-0.1, -0.05) is 6.92 Å². The molecule has 2 amide bonds. The van der Waals surface area contributed by atoms with Crippen LogP contribution >= 0.6 is 0 Å². The summed E-state index contributed by atoms with van der Waals surface area (Å²) in [6, 6.07) is 0. The largest absolute Gasteiger partial charge is 0.469 e. The summed E-state index contributed by atoms with van der Waals surface area (Å²) in [5.41, 5.74) is 0. The summed E-state index contributed by atoms with van der Waals surface area (Å²) < 4.78 is 4.62. The van der Waals surface area contributed by atoms with Crippen LogP contribution in [0.5, 0.6) is 0 Å². The molecule has 2 unspecified atom stereocenters. The van der Waals surface area contributed by atoms with Gasteiger partial charge in [-0.3, -0.25) is 14.4 Å². The molecule has 1 saturated heterocycles. The van der Waals surface area contributed by atoms with Gasteiger partial charge in [-0.25, -0.2) is 0 Å². The molecule has 0 aromatic heterocycles. The highest BCUT2D eigenvalue weighted by Gasteiger charge is 2.28. The first kappa shape index (κ1) is 14.5. The van der Waals surface area contributed by atoms with E-state index in [-0.39, 0.29) is 29.6 Å². The second-order valence-electron chi connectivity index (χ2n) is 4.68. The van der Waals surface area contributed by atoms with E-state index in [1.165, 1.54) is 12.0 Å². The highest BCUT2D eigenvalue weighted by molar-refractivity contribution is 5.84. The van der Waals surface area contributed by atoms with Crippen LogP contribution in [0.15, 0.2) is 0 Å². The van der Waals surface area contributed by atoms with Crippen molar-refractivity contribution in [3.8, 4) is 0 Å². The van der Waals surface area contributed by atoms with Crippen molar-refractivity contribution >= 4 is 17.8 Å². The first-order chi connectivity index (χ1) is 8.45. The minimum Gasteiger partial charge on any atom is -0.469 e. The van der Waals surface area contributed by atoms with Gasteiger partial charge >= 0.3 is 5.97 Å². The minimum atomic E-state index is -0.345. The van der Waals surface area contributed by atoms with E-state index in [2.05, 4.69) is 10.1 Å². The Bertz CT molecular complexity index is 333. The Morgan fingerprint density at radius 1 is 1.56 bits per heavy atom. The van der Waals surface area contributed by atoms with E-state index in [0.29, 0.717) is 25.9 Å². The van der Waals surface area contributed by atoms with Crippen molar-refractivity contribution in [2.45, 2.75) is 19.8 Å². The number of nitrogens with one attached hydrogen (secondary N) is 1. The lowest BCUT2D eigenvalue weighted by Crippen LogP contribution is -2.45. The van der Waals surface area contributed by atoms with Crippen molar-refractivity contribution in [2.75, 3.05) is 27.2 Å². The van der Waals surface area contributed by atoms with Crippen LogP contribution in [-0.2, 0) is 19.1 Å². The summed E-state index contributed by atoms with van der Waals surface area (Å²) in [6.07, 6.45) is 0.957. The lowest BCUT2D eigenvalue weighted by Gasteiger charge is -2.27. The summed E-state index contributed by atoms with van der Waals surface area (Å²) in [6.45, 7) is 2.43. The molecule has 2 atom stereocenters. The van der Waals surface area contributed by atoms with Crippen LogP contribution in [-0.4, -0.2) is 49.9 Å². The minimum absolute atomic E-state index is 0.00960. The van der Waals surface area contributed by atoms with Crippen molar-refractivity contribution in [2.24, 2.45) is 11.8 Å². The summed E-state index contributed by atoms with van der Waals surface area (Å²) >= 11 is 0. The molecular formula is C12H20N2O4. The lowest BCUT2D eigenvalue weighted by atomic mass is 9.97. The molecule has 0 spiro atoms. The molecule has 0 saturated carbocycles. The number of esters is 1. The topological polar surface area (TPSA) is 75.7 Å². The number of nitrogens with zero attached hydrogens (tertiary/aromatic N) is 1. The van der Waals surface area contributed by atoms with Crippen LogP contribution in [0.4, 0.5) is 0 Å². The van der Waals surface area contributed by atoms with E-state index in [1.54, 1.807) is 14.0 Å². The Balaban J connectivity index is 2.46. The highest BCUT2D eigenvalue weighted by atomic mass is 16.5. The van der Waals surface area contributed by atoms with E-state index < -0.39 is 0 Å². The van der Waals surface area contributed by atoms with Gasteiger partial charge in [-0.15, -0.1) is 0 Å². The van der Waals surface area contributed by atoms with Crippen LogP contribution in [0.25, 0.3) is 0 Å². The van der Waals surface area contributed by atoms with E-state index in [4.69, 9.17) is 0 Å². The van der Waals surface area contributed by atoms with Gasteiger partial charge in [-0.2, -0.15) is 0 Å². The number of hydrogen-bond acceptors (Lipinski definition) is 4. The number of piperidine rings is 1. The predicted octanol–water partition coefficient (Wildman–Crippen LogP) is -0.220. The molecule has 102 valence electrons. The number of rotatable bonds is 4. The summed E-state index contributed by atoms with van der Waals surface area (Å²) in [5.74, 6) is -0.901. The molecule has 0 bridgehead atoms. The molecule has 1 rings (SSSR count). The maximum absolute atomic E-state index is 12.1. The third-order valence-electron chi connectivity index (χ3n) is 3.14. The van der Waals surface area contributed by atoms with E-state index in [0.717, 1.165) is 0 Å². The van der Waals surface area contributed by atoms with Gasteiger partial charge in [0.25, 0.3) is 0 Å². The normalized spacial score (nSPS) is 20.8. The zero-order valence-electron chi connectivity index (χ0n) is 11.1. The van der Waals surface area contributed by atoms with Crippen molar-refractivity contribution in [3.63, 3.8) is 0 Å². The second-order valence-corrected chi connectivity index (χ2v) is 4.68. The molecule has 1 aliphatic rings. The van der Waals surface area contributed by atoms with E-state index in [9.17, 15) is 14.4 Å². The fourth-order valence-corrected chi connectivity index (χ4v) is 2.03. The SMILES string of the molecule is COC(=O)C(C)CN(C)C(=O)C1CCC(=O)NC1. The molecule has 6 nitrogen and oxygen atoms in total. The third kappa shape index (κ3) is 3.72. The van der Waals surface area contributed by atoms with E-state index >= 15 is 0 Å². The molecule has 1 aliphatic heterocycles. The van der Waals surface area contributed by atoms with Crippen LogP contribution in [0.3, 0.4) is 0 Å². The van der Waals surface area contributed by atoms with Gasteiger partial charge in [0.1, 0.15) is 0 Å². The molecule has 18 heavy (non-hydrogen) atoms. The number of carbonyl (C=O) groups is 3. The molecule has 1 fully saturated rings. The smallest absolute Gasteiger partial charge is 0.310 e. The van der Waals surface area contributed by atoms with Gasteiger partial charge in [0, 0.05) is 26.6 Å². The molecule has 1 heterocycles. The fraction of sp³-hybridized carbons (Fsp3) is 0.750. The summed E-state index contributed by atoms with van der Waals surface area (Å²) in [5, 5.41) is 2.68. The van der Waals surface area contributed by atoms with Gasteiger partial charge in [0.15, 0.2) is 0 Å². The maximum atomic E-state index is 12.1. The molecule has 0 aromatic carbocycles. The predicted molar refractivity (Wildman–Crippen MR) is 64.6 cm³/mol. The average molecular weight is 256 g/mol. The van der Waals surface area contributed by atoms with Crippen LogP contribution < -0.4 is 5.32 Å². The van der Waals surface area contributed by atoms with Crippen LogP contribution in [0, 0.1) is 11.8 Å². The third-order valence-corrected chi connectivity index (χ3v) is 3.14. The van der Waals surface area contributed by atoms with Gasteiger partial charge in [0.05, 0.1) is 18.9 Å². The summed E-state index contributed by atoms with van der Waals surface area (Å²) in [7, 11) is 3.00. The Morgan fingerprint density at radius 2 is 2.22 bits per heavy atom. The zero-order valence-corrected chi connectivity index (χ0v) is 11.1. The van der Waals surface area contributed by atoms with E-state index in [1.807, 2.05) is 0 Å². The summed E-state index contributed by atoms with van der Waals surface area (Å²) in [4.78, 5) is 35.9. The van der Waals surface area contributed by atoms with Crippen molar-refractivity contribution in [3.05, 3.63) is 0 Å². The first-order valence-corrected chi connectivity index (χ1v) is 6.05. The quantitative estimate of drug-likeness (QED) is 0.706. The Hall–Kier alpha value is -1.59. The van der Waals surface area contributed by atoms with Crippen LogP contribution in [0.2, 0.25) is 0 Å². The zero-order chi connectivity index (χ0) is 13.7. The Morgan fingerprint density at radius 3 is 2.72 bits per heavy atom.